The van der Waals surface area contributed by atoms with Crippen LogP contribution in [0.1, 0.15) is 19.8 Å². The van der Waals surface area contributed by atoms with Gasteiger partial charge in [0.05, 0.1) is 0 Å². The number of H-pyrrole nitrogens is 1. The minimum Gasteiger partial charge on any atom is -0.363 e. The van der Waals surface area contributed by atoms with Crippen molar-refractivity contribution >= 4 is 11.6 Å². The monoisotopic (exact) mass is 409 g/mol. The van der Waals surface area contributed by atoms with Crippen LogP contribution < -0.4 is 10.5 Å². The average Bonchev–Trinajstić information content (AvgIpc) is 2.76. The maximum Gasteiger partial charge on any atom is 0.271 e. The smallest absolute Gasteiger partial charge is 0.271 e. The van der Waals surface area contributed by atoms with Gasteiger partial charge in [0.2, 0.25) is 5.91 Å². The molecule has 0 unspecified atom stereocenters. The van der Waals surface area contributed by atoms with E-state index >= 15 is 0 Å². The first-order valence-corrected chi connectivity index (χ1v) is 10.5. The van der Waals surface area contributed by atoms with Crippen molar-refractivity contribution in [3.05, 3.63) is 59.3 Å². The molecule has 0 bridgehead atoms. The summed E-state index contributed by atoms with van der Waals surface area (Å²) in [6.07, 6.45) is 10.7. The molecule has 30 heavy (non-hydrogen) atoms. The van der Waals surface area contributed by atoms with Gasteiger partial charge >= 0.3 is 0 Å². The molecule has 0 aliphatic carbocycles. The summed E-state index contributed by atoms with van der Waals surface area (Å²) in [6.45, 7) is 4.87. The number of piperidine rings is 1. The Kier molecular flexibility index (Phi) is 7.41. The Labute approximate surface area is 178 Å². The highest BCUT2D eigenvalue weighted by Gasteiger charge is 2.28. The summed E-state index contributed by atoms with van der Waals surface area (Å²) < 4.78 is 0. The molecule has 3 rings (SSSR count). The molecule has 7 heteroatoms. The summed E-state index contributed by atoms with van der Waals surface area (Å²) in [5.74, 6) is 0.0389. The third-order valence-corrected chi connectivity index (χ3v) is 5.43. The quantitative estimate of drug-likeness (QED) is 0.711. The van der Waals surface area contributed by atoms with Crippen LogP contribution in [0.15, 0.2) is 53.7 Å². The van der Waals surface area contributed by atoms with E-state index in [0.29, 0.717) is 18.8 Å². The summed E-state index contributed by atoms with van der Waals surface area (Å²) in [5, 5.41) is 0. The van der Waals surface area contributed by atoms with Crippen LogP contribution in [0.2, 0.25) is 0 Å². The molecule has 1 atom stereocenters. The van der Waals surface area contributed by atoms with E-state index in [2.05, 4.69) is 21.8 Å². The van der Waals surface area contributed by atoms with Gasteiger partial charge in [-0.05, 0) is 57.6 Å². The lowest BCUT2D eigenvalue weighted by molar-refractivity contribution is -0.127. The summed E-state index contributed by atoms with van der Waals surface area (Å²) in [6, 6.07) is 5.91. The van der Waals surface area contributed by atoms with Gasteiger partial charge in [-0.25, -0.2) is 0 Å². The number of likely N-dealkylation sites (tertiary alicyclic amines) is 1. The summed E-state index contributed by atoms with van der Waals surface area (Å²) in [4.78, 5) is 38.3. The van der Waals surface area contributed by atoms with Crippen LogP contribution in [-0.4, -0.2) is 72.0 Å². The maximum absolute atomic E-state index is 12.7. The molecule has 0 spiro atoms. The first-order valence-electron chi connectivity index (χ1n) is 10.5. The Morgan fingerprint density at radius 3 is 2.77 bits per heavy atom. The van der Waals surface area contributed by atoms with E-state index in [4.69, 9.17) is 0 Å². The van der Waals surface area contributed by atoms with Gasteiger partial charge in [-0.2, -0.15) is 0 Å². The van der Waals surface area contributed by atoms with Crippen molar-refractivity contribution in [2.24, 2.45) is 0 Å². The van der Waals surface area contributed by atoms with Crippen LogP contribution in [0, 0.1) is 0 Å². The van der Waals surface area contributed by atoms with Gasteiger partial charge in [-0.1, -0.05) is 6.08 Å². The molecule has 1 N–H and O–H groups in total. The second kappa shape index (κ2) is 10.2. The number of amides is 1. The summed E-state index contributed by atoms with van der Waals surface area (Å²) in [5.41, 5.74) is 2.49. The Hall–Kier alpha value is -2.93. The predicted octanol–water partition coefficient (Wildman–Crippen LogP) is 2.37. The molecule has 7 nitrogen and oxygen atoms in total. The normalized spacial score (nSPS) is 16.9. The van der Waals surface area contributed by atoms with E-state index < -0.39 is 0 Å². The molecule has 1 fully saturated rings. The number of carbonyl (C=O) groups excluding carboxylic acids is 1. The molecule has 3 heterocycles. The van der Waals surface area contributed by atoms with Crippen molar-refractivity contribution in [3.8, 4) is 11.1 Å². The van der Waals surface area contributed by atoms with Crippen LogP contribution >= 0.6 is 0 Å². The van der Waals surface area contributed by atoms with Crippen LogP contribution in [0.4, 0.5) is 5.69 Å². The third-order valence-electron chi connectivity index (χ3n) is 5.43. The fourth-order valence-corrected chi connectivity index (χ4v) is 3.90. The number of nitrogens with zero attached hydrogens (tertiary/aromatic N) is 4. The van der Waals surface area contributed by atoms with Gasteiger partial charge in [0.1, 0.15) is 5.69 Å². The fraction of sp³-hybridized carbons (Fsp3) is 0.435. The molecule has 2 aromatic rings. The standard InChI is InChI=1S/C23H31N5O2/c1-4-28(20-7-5-14-27(17-20)22(29)8-6-13-26(2)3)21-15-19(16-25-23(21)30)18-9-11-24-12-10-18/h6,8-12,15-16,20H,4-5,7,13-14,17H2,1-3H3,(H,25,30)/b8-6+/t20-/m0/s1. The SMILES string of the molecule is CCN(c1cc(-c2ccncc2)c[nH]c1=O)[C@H]1CCCN(C(=O)/C=C/CN(C)C)C1. The molecule has 1 amide bonds. The number of hydrogen-bond donors (Lipinski definition) is 1. The zero-order valence-corrected chi connectivity index (χ0v) is 18.0. The molecule has 0 saturated carbocycles. The van der Waals surface area contributed by atoms with Gasteiger partial charge in [-0.15, -0.1) is 0 Å². The first-order chi connectivity index (χ1) is 14.5. The molecule has 1 saturated heterocycles. The fourth-order valence-electron chi connectivity index (χ4n) is 3.90. The van der Waals surface area contributed by atoms with E-state index in [1.54, 1.807) is 24.7 Å². The first kappa shape index (κ1) is 21.8. The largest absolute Gasteiger partial charge is 0.363 e. The van der Waals surface area contributed by atoms with E-state index in [0.717, 1.165) is 37.1 Å². The van der Waals surface area contributed by atoms with Crippen LogP contribution in [-0.2, 0) is 4.79 Å². The van der Waals surface area contributed by atoms with Crippen molar-refractivity contribution in [1.29, 1.82) is 0 Å². The van der Waals surface area contributed by atoms with E-state index in [9.17, 15) is 9.59 Å². The topological polar surface area (TPSA) is 72.5 Å². The van der Waals surface area contributed by atoms with Gasteiger partial charge in [0.15, 0.2) is 0 Å². The van der Waals surface area contributed by atoms with Crippen molar-refractivity contribution in [2.75, 3.05) is 45.2 Å². The Bertz CT molecular complexity index is 923. The minimum atomic E-state index is -0.107. The van der Waals surface area contributed by atoms with Gasteiger partial charge in [0, 0.05) is 62.5 Å². The van der Waals surface area contributed by atoms with Crippen molar-refractivity contribution in [2.45, 2.75) is 25.8 Å². The number of aromatic amines is 1. The molecule has 160 valence electrons. The Balaban J connectivity index is 1.79. The molecule has 0 radical (unpaired) electrons. The lowest BCUT2D eigenvalue weighted by atomic mass is 10.0. The summed E-state index contributed by atoms with van der Waals surface area (Å²) in [7, 11) is 3.95. The highest BCUT2D eigenvalue weighted by molar-refractivity contribution is 5.87. The van der Waals surface area contributed by atoms with Gasteiger partial charge in [-0.3, -0.25) is 14.6 Å². The summed E-state index contributed by atoms with van der Waals surface area (Å²) >= 11 is 0. The molecule has 2 aromatic heterocycles. The van der Waals surface area contributed by atoms with Crippen LogP contribution in [0.5, 0.6) is 0 Å². The number of nitrogens with one attached hydrogen (secondary N) is 1. The zero-order valence-electron chi connectivity index (χ0n) is 18.0. The number of carbonyl (C=O) groups is 1. The number of rotatable bonds is 7. The zero-order chi connectivity index (χ0) is 21.5. The van der Waals surface area contributed by atoms with Crippen molar-refractivity contribution in [1.82, 2.24) is 19.8 Å². The lowest BCUT2D eigenvalue weighted by Crippen LogP contribution is -2.50. The Morgan fingerprint density at radius 2 is 2.07 bits per heavy atom. The minimum absolute atomic E-state index is 0.0389. The second-order valence-electron chi connectivity index (χ2n) is 7.87. The number of aromatic nitrogens is 2. The van der Waals surface area contributed by atoms with E-state index in [-0.39, 0.29) is 17.5 Å². The highest BCUT2D eigenvalue weighted by Crippen LogP contribution is 2.25. The van der Waals surface area contributed by atoms with Crippen LogP contribution in [0.25, 0.3) is 11.1 Å². The number of likely N-dealkylation sites (N-methyl/N-ethyl adjacent to an activating group) is 2. The molecular weight excluding hydrogens is 378 g/mol. The van der Waals surface area contributed by atoms with E-state index in [1.165, 1.54) is 0 Å². The van der Waals surface area contributed by atoms with E-state index in [1.807, 2.05) is 48.2 Å². The molecule has 0 aromatic carbocycles. The molecular formula is C23H31N5O2. The van der Waals surface area contributed by atoms with Gasteiger partial charge < -0.3 is 19.7 Å². The average molecular weight is 410 g/mol. The van der Waals surface area contributed by atoms with Crippen molar-refractivity contribution < 1.29 is 4.79 Å². The number of pyridine rings is 2. The number of hydrogen-bond acceptors (Lipinski definition) is 5. The Morgan fingerprint density at radius 1 is 1.30 bits per heavy atom. The van der Waals surface area contributed by atoms with Gasteiger partial charge in [0.25, 0.3) is 5.56 Å². The predicted molar refractivity (Wildman–Crippen MR) is 121 cm³/mol. The molecule has 1 aliphatic rings. The molecule has 1 aliphatic heterocycles. The number of anilines is 1. The highest BCUT2D eigenvalue weighted by atomic mass is 16.2. The van der Waals surface area contributed by atoms with Crippen LogP contribution in [0.3, 0.4) is 0 Å². The second-order valence-corrected chi connectivity index (χ2v) is 7.87. The maximum atomic E-state index is 12.7. The third kappa shape index (κ3) is 5.36. The lowest BCUT2D eigenvalue weighted by Gasteiger charge is -2.39. The van der Waals surface area contributed by atoms with Crippen molar-refractivity contribution in [3.63, 3.8) is 0 Å².